The Hall–Kier alpha value is -1.79. The van der Waals surface area contributed by atoms with E-state index in [0.29, 0.717) is 12.0 Å². The number of carbonyl (C=O) groups is 1. The van der Waals surface area contributed by atoms with Gasteiger partial charge in [0, 0.05) is 24.7 Å². The number of nitrogens with zero attached hydrogens (tertiary/aromatic N) is 1. The predicted molar refractivity (Wildman–Crippen MR) is 57.9 cm³/mol. The second kappa shape index (κ2) is 6.23. The molecule has 0 saturated carbocycles. The zero-order valence-corrected chi connectivity index (χ0v) is 9.75. The van der Waals surface area contributed by atoms with Gasteiger partial charge in [-0.15, -0.1) is 0 Å². The Morgan fingerprint density at radius 1 is 1.50 bits per heavy atom. The first-order valence-corrected chi connectivity index (χ1v) is 5.32. The largest absolute Gasteiger partial charge is 0.468 e. The van der Waals surface area contributed by atoms with E-state index in [1.165, 1.54) is 6.20 Å². The molecule has 0 radical (unpaired) electrons. The van der Waals surface area contributed by atoms with Crippen molar-refractivity contribution in [2.75, 3.05) is 6.61 Å². The molecule has 1 aromatic heterocycles. The monoisotopic (exact) mass is 262 g/mol. The Morgan fingerprint density at radius 2 is 2.22 bits per heavy atom. The van der Waals surface area contributed by atoms with Crippen molar-refractivity contribution in [2.24, 2.45) is 0 Å². The number of aromatic nitrogens is 1. The third kappa shape index (κ3) is 5.03. The molecule has 1 N–H and O–H groups in total. The van der Waals surface area contributed by atoms with Gasteiger partial charge in [0.25, 0.3) is 0 Å². The minimum Gasteiger partial charge on any atom is -0.468 e. The Bertz CT molecular complexity index is 408. The number of nitrogens with one attached hydrogen (secondary N) is 1. The Balaban J connectivity index is 2.64. The summed E-state index contributed by atoms with van der Waals surface area (Å²) in [5.74, 6) is -0.313. The molecule has 100 valence electrons. The minimum absolute atomic E-state index is 0.0910. The molecule has 1 amide bonds. The molecule has 0 aliphatic rings. The molecule has 0 spiro atoms. The third-order valence-electron chi connectivity index (χ3n) is 2.02. The number of rotatable bonds is 5. The summed E-state index contributed by atoms with van der Waals surface area (Å²) in [6.45, 7) is 0.367. The molecule has 1 heterocycles. The summed E-state index contributed by atoms with van der Waals surface area (Å²) in [6.07, 6.45) is -2.78. The van der Waals surface area contributed by atoms with Crippen molar-refractivity contribution in [3.8, 4) is 5.88 Å². The van der Waals surface area contributed by atoms with Gasteiger partial charge in [-0.3, -0.25) is 4.79 Å². The molecule has 0 bridgehead atoms. The molecule has 4 nitrogen and oxygen atoms in total. The molecule has 0 aromatic carbocycles. The lowest BCUT2D eigenvalue weighted by molar-refractivity contribution is -0.154. The van der Waals surface area contributed by atoms with Crippen molar-refractivity contribution in [1.82, 2.24) is 10.3 Å². The highest BCUT2D eigenvalue weighted by Crippen LogP contribution is 2.19. The second-order valence-corrected chi connectivity index (χ2v) is 3.50. The molecule has 18 heavy (non-hydrogen) atoms. The van der Waals surface area contributed by atoms with E-state index in [2.05, 4.69) is 15.0 Å². The van der Waals surface area contributed by atoms with E-state index in [1.807, 2.05) is 0 Å². The first kappa shape index (κ1) is 14.3. The fraction of sp³-hybridized carbons (Fsp3) is 0.455. The van der Waals surface area contributed by atoms with E-state index in [9.17, 15) is 18.0 Å². The van der Waals surface area contributed by atoms with Crippen molar-refractivity contribution in [3.05, 3.63) is 23.9 Å². The Kier molecular flexibility index (Phi) is 4.94. The van der Waals surface area contributed by atoms with Gasteiger partial charge in [0.05, 0.1) is 0 Å². The van der Waals surface area contributed by atoms with E-state index in [-0.39, 0.29) is 18.3 Å². The van der Waals surface area contributed by atoms with Crippen LogP contribution in [0.1, 0.15) is 18.9 Å². The normalized spacial score (nSPS) is 11.1. The van der Waals surface area contributed by atoms with Gasteiger partial charge >= 0.3 is 6.18 Å². The topological polar surface area (TPSA) is 51.2 Å². The molecule has 0 fully saturated rings. The molecule has 0 aliphatic carbocycles. The highest BCUT2D eigenvalue weighted by atomic mass is 19.4. The average molecular weight is 262 g/mol. The zero-order valence-electron chi connectivity index (χ0n) is 9.75. The van der Waals surface area contributed by atoms with Crippen LogP contribution in [0.3, 0.4) is 0 Å². The fourth-order valence-electron chi connectivity index (χ4n) is 1.16. The molecule has 1 rings (SSSR count). The maximum absolute atomic E-state index is 12.0. The highest BCUT2D eigenvalue weighted by Gasteiger charge is 2.29. The van der Waals surface area contributed by atoms with Crippen LogP contribution >= 0.6 is 0 Å². The van der Waals surface area contributed by atoms with Crippen LogP contribution in [-0.2, 0) is 11.3 Å². The van der Waals surface area contributed by atoms with Crippen molar-refractivity contribution in [3.63, 3.8) is 0 Å². The smallest absolute Gasteiger partial charge is 0.422 e. The molecule has 0 saturated heterocycles. The van der Waals surface area contributed by atoms with E-state index in [4.69, 9.17) is 0 Å². The average Bonchev–Trinajstić information content (AvgIpc) is 2.33. The summed E-state index contributed by atoms with van der Waals surface area (Å²) in [5.41, 5.74) is 0.406. The lowest BCUT2D eigenvalue weighted by Crippen LogP contribution is -2.23. The van der Waals surface area contributed by atoms with Gasteiger partial charge in [-0.1, -0.05) is 13.0 Å². The summed E-state index contributed by atoms with van der Waals surface area (Å²) in [4.78, 5) is 14.8. The van der Waals surface area contributed by atoms with Crippen LogP contribution in [-0.4, -0.2) is 23.7 Å². The first-order chi connectivity index (χ1) is 8.42. The van der Waals surface area contributed by atoms with Gasteiger partial charge in [-0.25, -0.2) is 4.98 Å². The van der Waals surface area contributed by atoms with Crippen LogP contribution in [0.25, 0.3) is 0 Å². The summed E-state index contributed by atoms with van der Waals surface area (Å²) >= 11 is 0. The molecule has 0 atom stereocenters. The Morgan fingerprint density at radius 3 is 2.83 bits per heavy atom. The SMILES string of the molecule is CCC(=O)NCc1cccnc1OCC(F)(F)F. The molecular formula is C11H13F3N2O2. The van der Waals surface area contributed by atoms with E-state index < -0.39 is 12.8 Å². The molecule has 7 heteroatoms. The standard InChI is InChI=1S/C11H13F3N2O2/c1-2-9(17)16-6-8-4-3-5-15-10(8)18-7-11(12,13)14/h3-5H,2,6-7H2,1H3,(H,16,17). The van der Waals surface area contributed by atoms with Gasteiger partial charge in [0.2, 0.25) is 11.8 Å². The maximum Gasteiger partial charge on any atom is 0.422 e. The molecule has 0 unspecified atom stereocenters. The number of halogens is 3. The number of amides is 1. The van der Waals surface area contributed by atoms with E-state index in [1.54, 1.807) is 19.1 Å². The zero-order chi connectivity index (χ0) is 13.6. The van der Waals surface area contributed by atoms with Crippen molar-refractivity contribution in [2.45, 2.75) is 26.1 Å². The van der Waals surface area contributed by atoms with Crippen molar-refractivity contribution < 1.29 is 22.7 Å². The van der Waals surface area contributed by atoms with Gasteiger partial charge in [0.15, 0.2) is 6.61 Å². The second-order valence-electron chi connectivity index (χ2n) is 3.50. The number of hydrogen-bond acceptors (Lipinski definition) is 3. The fourth-order valence-corrected chi connectivity index (χ4v) is 1.16. The Labute approximate surface area is 102 Å². The van der Waals surface area contributed by atoms with Crippen LogP contribution in [0.4, 0.5) is 13.2 Å². The highest BCUT2D eigenvalue weighted by molar-refractivity contribution is 5.75. The lowest BCUT2D eigenvalue weighted by atomic mass is 10.2. The summed E-state index contributed by atoms with van der Waals surface area (Å²) in [6, 6.07) is 3.11. The number of pyridine rings is 1. The maximum atomic E-state index is 12.0. The van der Waals surface area contributed by atoms with Crippen molar-refractivity contribution in [1.29, 1.82) is 0 Å². The van der Waals surface area contributed by atoms with Gasteiger partial charge in [0.1, 0.15) is 0 Å². The summed E-state index contributed by atoms with van der Waals surface area (Å²) in [5, 5.41) is 2.55. The van der Waals surface area contributed by atoms with Crippen molar-refractivity contribution >= 4 is 5.91 Å². The van der Waals surface area contributed by atoms with E-state index >= 15 is 0 Å². The van der Waals surface area contributed by atoms with Crippen LogP contribution < -0.4 is 10.1 Å². The van der Waals surface area contributed by atoms with Crippen LogP contribution in [0, 0.1) is 0 Å². The molecular weight excluding hydrogens is 249 g/mol. The summed E-state index contributed by atoms with van der Waals surface area (Å²) < 4.78 is 40.6. The van der Waals surface area contributed by atoms with E-state index in [0.717, 1.165) is 0 Å². The number of ether oxygens (including phenoxy) is 1. The predicted octanol–water partition coefficient (Wildman–Crippen LogP) is 2.05. The number of hydrogen-bond donors (Lipinski definition) is 1. The third-order valence-corrected chi connectivity index (χ3v) is 2.02. The quantitative estimate of drug-likeness (QED) is 0.883. The first-order valence-electron chi connectivity index (χ1n) is 5.32. The lowest BCUT2D eigenvalue weighted by Gasteiger charge is -2.12. The molecule has 0 aliphatic heterocycles. The van der Waals surface area contributed by atoms with Gasteiger partial charge in [-0.2, -0.15) is 13.2 Å². The van der Waals surface area contributed by atoms with Gasteiger partial charge < -0.3 is 10.1 Å². The summed E-state index contributed by atoms with van der Waals surface area (Å²) in [7, 11) is 0. The van der Waals surface area contributed by atoms with Gasteiger partial charge in [-0.05, 0) is 6.07 Å². The van der Waals surface area contributed by atoms with Crippen LogP contribution in [0.5, 0.6) is 5.88 Å². The van der Waals surface area contributed by atoms with Crippen LogP contribution in [0.2, 0.25) is 0 Å². The number of carbonyl (C=O) groups excluding carboxylic acids is 1. The number of alkyl halides is 3. The minimum atomic E-state index is -4.42. The van der Waals surface area contributed by atoms with Crippen LogP contribution in [0.15, 0.2) is 18.3 Å². The molecule has 1 aromatic rings.